The van der Waals surface area contributed by atoms with Crippen molar-refractivity contribution in [3.63, 3.8) is 0 Å². The number of rotatable bonds is 3. The molecule has 1 aromatic carbocycles. The molecule has 0 radical (unpaired) electrons. The Morgan fingerprint density at radius 1 is 1.44 bits per heavy atom. The van der Waals surface area contributed by atoms with Gasteiger partial charge in [-0.25, -0.2) is 0 Å². The topological polar surface area (TPSA) is 108 Å². The van der Waals surface area contributed by atoms with Gasteiger partial charge in [-0.3, -0.25) is 10.1 Å². The smallest absolute Gasteiger partial charge is 0.271 e. The molecule has 1 atom stereocenters. The first-order valence-electron chi connectivity index (χ1n) is 5.01. The number of halogens is 1. The first-order chi connectivity index (χ1) is 8.47. The molecule has 0 spiro atoms. The summed E-state index contributed by atoms with van der Waals surface area (Å²) in [6, 6.07) is 3.66. The largest absolute Gasteiger partial charge is 0.419 e. The normalized spacial score (nSPS) is 12.4. The second-order valence-electron chi connectivity index (χ2n) is 3.69. The average Bonchev–Trinajstić information content (AvgIpc) is 2.77. The van der Waals surface area contributed by atoms with Gasteiger partial charge in [0, 0.05) is 22.7 Å². The molecule has 94 valence electrons. The lowest BCUT2D eigenvalue weighted by atomic mass is 10.2. The number of nitrogens with two attached hydrogens (primary N) is 1. The molecule has 0 saturated carbocycles. The fraction of sp³-hybridized carbons (Fsp3) is 0.200. The summed E-state index contributed by atoms with van der Waals surface area (Å²) in [7, 11) is 0. The van der Waals surface area contributed by atoms with Crippen LogP contribution in [0.3, 0.4) is 0 Å². The molecule has 2 N–H and O–H groups in total. The lowest BCUT2D eigenvalue weighted by Crippen LogP contribution is -2.04. The van der Waals surface area contributed by atoms with Crippen LogP contribution in [0.1, 0.15) is 18.9 Å². The third-order valence-electron chi connectivity index (χ3n) is 2.17. The minimum atomic E-state index is -0.543. The predicted molar refractivity (Wildman–Crippen MR) is 64.0 cm³/mol. The van der Waals surface area contributed by atoms with Crippen molar-refractivity contribution in [1.29, 1.82) is 0 Å². The average molecular weight is 269 g/mol. The van der Waals surface area contributed by atoms with E-state index in [1.54, 1.807) is 6.92 Å². The van der Waals surface area contributed by atoms with Gasteiger partial charge in [-0.1, -0.05) is 11.6 Å². The molecule has 1 aromatic heterocycles. The molecule has 0 aliphatic rings. The Morgan fingerprint density at radius 3 is 2.72 bits per heavy atom. The summed E-state index contributed by atoms with van der Waals surface area (Å²) in [5.41, 5.74) is 5.82. The van der Waals surface area contributed by atoms with Crippen LogP contribution in [0.2, 0.25) is 5.02 Å². The van der Waals surface area contributed by atoms with E-state index >= 15 is 0 Å². The predicted octanol–water partition coefficient (Wildman–Crippen LogP) is 2.32. The van der Waals surface area contributed by atoms with Crippen LogP contribution in [0, 0.1) is 10.1 Å². The number of non-ortho nitro benzene ring substituents is 1. The molecule has 7 nitrogen and oxygen atoms in total. The number of hydrogen-bond acceptors (Lipinski definition) is 6. The first-order valence-corrected chi connectivity index (χ1v) is 5.39. The van der Waals surface area contributed by atoms with Gasteiger partial charge in [0.25, 0.3) is 5.69 Å². The zero-order chi connectivity index (χ0) is 13.3. The fourth-order valence-corrected chi connectivity index (χ4v) is 1.57. The lowest BCUT2D eigenvalue weighted by molar-refractivity contribution is -0.384. The van der Waals surface area contributed by atoms with Gasteiger partial charge in [0.1, 0.15) is 0 Å². The summed E-state index contributed by atoms with van der Waals surface area (Å²) in [5.74, 6) is 0.403. The first kappa shape index (κ1) is 12.5. The van der Waals surface area contributed by atoms with Gasteiger partial charge in [0.05, 0.1) is 11.0 Å². The monoisotopic (exact) mass is 268 g/mol. The number of nitro benzene ring substituents is 1. The van der Waals surface area contributed by atoms with E-state index in [1.807, 2.05) is 0 Å². The standard InChI is InChI=1S/C10H9ClN4O3/c1-5(12)9-13-14-10(18-9)6-2-7(11)4-8(3-6)15(16)17/h2-5H,12H2,1H3. The van der Waals surface area contributed by atoms with Crippen molar-refractivity contribution in [3.05, 3.63) is 39.2 Å². The highest BCUT2D eigenvalue weighted by Crippen LogP contribution is 2.28. The number of aromatic nitrogens is 2. The van der Waals surface area contributed by atoms with E-state index in [0.717, 1.165) is 0 Å². The lowest BCUT2D eigenvalue weighted by Gasteiger charge is -1.98. The Hall–Kier alpha value is -1.99. The van der Waals surface area contributed by atoms with Crippen molar-refractivity contribution in [1.82, 2.24) is 10.2 Å². The highest BCUT2D eigenvalue weighted by molar-refractivity contribution is 6.31. The van der Waals surface area contributed by atoms with Crippen molar-refractivity contribution >= 4 is 17.3 Å². The third kappa shape index (κ3) is 2.47. The Bertz CT molecular complexity index is 597. The molecule has 0 aliphatic heterocycles. The molecule has 18 heavy (non-hydrogen) atoms. The Morgan fingerprint density at radius 2 is 2.17 bits per heavy atom. The molecule has 1 heterocycles. The van der Waals surface area contributed by atoms with Gasteiger partial charge < -0.3 is 10.2 Å². The van der Waals surface area contributed by atoms with Crippen LogP contribution in [0.15, 0.2) is 22.6 Å². The maximum Gasteiger partial charge on any atom is 0.271 e. The second kappa shape index (κ2) is 4.71. The van der Waals surface area contributed by atoms with Crippen LogP contribution in [-0.2, 0) is 0 Å². The van der Waals surface area contributed by atoms with Gasteiger partial charge in [-0.2, -0.15) is 0 Å². The van der Waals surface area contributed by atoms with Crippen LogP contribution in [0.25, 0.3) is 11.5 Å². The second-order valence-corrected chi connectivity index (χ2v) is 4.13. The highest BCUT2D eigenvalue weighted by Gasteiger charge is 2.16. The molecule has 0 bridgehead atoms. The minimum absolute atomic E-state index is 0.141. The Labute approximate surface area is 107 Å². The number of nitro groups is 1. The fourth-order valence-electron chi connectivity index (χ4n) is 1.34. The molecule has 8 heteroatoms. The molecule has 0 aliphatic carbocycles. The van der Waals surface area contributed by atoms with Gasteiger partial charge in [0.2, 0.25) is 11.8 Å². The van der Waals surface area contributed by atoms with Gasteiger partial charge in [-0.15, -0.1) is 10.2 Å². The van der Waals surface area contributed by atoms with Crippen LogP contribution >= 0.6 is 11.6 Å². The van der Waals surface area contributed by atoms with Crippen molar-refractivity contribution in [2.45, 2.75) is 13.0 Å². The van der Waals surface area contributed by atoms with E-state index in [-0.39, 0.29) is 22.5 Å². The summed E-state index contributed by atoms with van der Waals surface area (Å²) in [4.78, 5) is 10.2. The van der Waals surface area contributed by atoms with Gasteiger partial charge in [0.15, 0.2) is 0 Å². The molecule has 2 rings (SSSR count). The SMILES string of the molecule is CC(N)c1nnc(-c2cc(Cl)cc([N+](=O)[O-])c2)o1. The highest BCUT2D eigenvalue weighted by atomic mass is 35.5. The van der Waals surface area contributed by atoms with Crippen LogP contribution in [-0.4, -0.2) is 15.1 Å². The van der Waals surface area contributed by atoms with Crippen molar-refractivity contribution in [3.8, 4) is 11.5 Å². The molecular formula is C10H9ClN4O3. The van der Waals surface area contributed by atoms with Crippen LogP contribution in [0.5, 0.6) is 0 Å². The van der Waals surface area contributed by atoms with Crippen molar-refractivity contribution in [2.24, 2.45) is 5.73 Å². The van der Waals surface area contributed by atoms with E-state index < -0.39 is 11.0 Å². The zero-order valence-corrected chi connectivity index (χ0v) is 10.1. The minimum Gasteiger partial charge on any atom is -0.419 e. The summed E-state index contributed by atoms with van der Waals surface area (Å²) < 4.78 is 5.29. The van der Waals surface area contributed by atoms with Crippen LogP contribution in [0.4, 0.5) is 5.69 Å². The zero-order valence-electron chi connectivity index (χ0n) is 9.33. The van der Waals surface area contributed by atoms with Crippen LogP contribution < -0.4 is 5.73 Å². The molecule has 1 unspecified atom stereocenters. The van der Waals surface area contributed by atoms with E-state index in [9.17, 15) is 10.1 Å². The Balaban J connectivity index is 2.46. The number of benzene rings is 1. The number of hydrogen-bond donors (Lipinski definition) is 1. The van der Waals surface area contributed by atoms with E-state index in [1.165, 1.54) is 18.2 Å². The molecule has 0 fully saturated rings. The quantitative estimate of drug-likeness (QED) is 0.676. The summed E-state index contributed by atoms with van der Waals surface area (Å²) >= 11 is 5.79. The van der Waals surface area contributed by atoms with Gasteiger partial charge >= 0.3 is 0 Å². The van der Waals surface area contributed by atoms with Crippen molar-refractivity contribution in [2.75, 3.05) is 0 Å². The third-order valence-corrected chi connectivity index (χ3v) is 2.39. The molecule has 2 aromatic rings. The maximum absolute atomic E-state index is 10.7. The summed E-state index contributed by atoms with van der Waals surface area (Å²) in [6.07, 6.45) is 0. The summed E-state index contributed by atoms with van der Waals surface area (Å²) in [5, 5.41) is 18.4. The molecule has 0 amide bonds. The number of nitrogens with zero attached hydrogens (tertiary/aromatic N) is 3. The molecule has 0 saturated heterocycles. The summed E-state index contributed by atoms with van der Waals surface area (Å²) in [6.45, 7) is 1.69. The van der Waals surface area contributed by atoms with Gasteiger partial charge in [-0.05, 0) is 13.0 Å². The Kier molecular flexibility index (Phi) is 3.26. The van der Waals surface area contributed by atoms with E-state index in [0.29, 0.717) is 5.56 Å². The van der Waals surface area contributed by atoms with E-state index in [2.05, 4.69) is 10.2 Å². The van der Waals surface area contributed by atoms with Crippen molar-refractivity contribution < 1.29 is 9.34 Å². The van der Waals surface area contributed by atoms with E-state index in [4.69, 9.17) is 21.8 Å². The maximum atomic E-state index is 10.7. The molecular weight excluding hydrogens is 260 g/mol.